The van der Waals surface area contributed by atoms with Gasteiger partial charge in [-0.3, -0.25) is 4.79 Å². The van der Waals surface area contributed by atoms with Gasteiger partial charge in [0.2, 0.25) is 0 Å². The van der Waals surface area contributed by atoms with Gasteiger partial charge < -0.3 is 5.32 Å². The van der Waals surface area contributed by atoms with Gasteiger partial charge in [-0.25, -0.2) is 13.1 Å². The van der Waals surface area contributed by atoms with E-state index in [2.05, 4.69) is 10.4 Å². The second-order valence-electron chi connectivity index (χ2n) is 8.20. The standard InChI is InChI=1S/C19H22F3N3O3S/c1-18(2,3)15-10-16(25(24-15)14-8-9-29(27,28)11-14)23-17(26)12-4-6-13(7-5-12)19(20,21)22/h4-7,10,14H,8-9,11H2,1-3H3,(H,23,26)/t14-/m0/s1. The summed E-state index contributed by atoms with van der Waals surface area (Å²) in [6.45, 7) is 5.81. The second-order valence-corrected chi connectivity index (χ2v) is 10.4. The van der Waals surface area contributed by atoms with E-state index in [1.807, 2.05) is 20.8 Å². The predicted octanol–water partition coefficient (Wildman–Crippen LogP) is 3.81. The molecule has 2 heterocycles. The molecule has 1 saturated heterocycles. The van der Waals surface area contributed by atoms with Crippen molar-refractivity contribution >= 4 is 21.6 Å². The van der Waals surface area contributed by atoms with Gasteiger partial charge in [0.05, 0.1) is 28.8 Å². The Bertz CT molecular complexity index is 1020. The van der Waals surface area contributed by atoms with Gasteiger partial charge in [-0.05, 0) is 30.7 Å². The van der Waals surface area contributed by atoms with Crippen molar-refractivity contribution in [3.63, 3.8) is 0 Å². The van der Waals surface area contributed by atoms with Crippen molar-refractivity contribution in [3.05, 3.63) is 47.2 Å². The lowest BCUT2D eigenvalue weighted by Crippen LogP contribution is -2.20. The minimum atomic E-state index is -4.48. The molecule has 6 nitrogen and oxygen atoms in total. The summed E-state index contributed by atoms with van der Waals surface area (Å²) < 4.78 is 63.4. The maximum Gasteiger partial charge on any atom is 0.416 e. The summed E-state index contributed by atoms with van der Waals surface area (Å²) in [5.74, 6) is -0.293. The Hall–Kier alpha value is -2.36. The number of nitrogens with zero attached hydrogens (tertiary/aromatic N) is 2. The molecule has 0 bridgehead atoms. The minimum absolute atomic E-state index is 0.0503. The average molecular weight is 429 g/mol. The zero-order valence-corrected chi connectivity index (χ0v) is 17.1. The lowest BCUT2D eigenvalue weighted by molar-refractivity contribution is -0.137. The van der Waals surface area contributed by atoms with E-state index < -0.39 is 33.5 Å². The van der Waals surface area contributed by atoms with E-state index in [0.29, 0.717) is 17.9 Å². The first-order valence-electron chi connectivity index (χ1n) is 9.05. The second kappa shape index (κ2) is 7.16. The van der Waals surface area contributed by atoms with Gasteiger partial charge in [0, 0.05) is 17.0 Å². The lowest BCUT2D eigenvalue weighted by Gasteiger charge is -2.15. The average Bonchev–Trinajstić information content (AvgIpc) is 3.17. The largest absolute Gasteiger partial charge is 0.416 e. The number of hydrogen-bond acceptors (Lipinski definition) is 4. The molecule has 2 aromatic rings. The monoisotopic (exact) mass is 429 g/mol. The SMILES string of the molecule is CC(C)(C)c1cc(NC(=O)c2ccc(C(F)(F)F)cc2)n([C@H]2CCS(=O)(=O)C2)n1. The number of carbonyl (C=O) groups excluding carboxylic acids is 1. The lowest BCUT2D eigenvalue weighted by atomic mass is 9.92. The van der Waals surface area contributed by atoms with Crippen LogP contribution in [0, 0.1) is 0 Å². The summed E-state index contributed by atoms with van der Waals surface area (Å²) in [4.78, 5) is 12.6. The van der Waals surface area contributed by atoms with Crippen LogP contribution in [-0.2, 0) is 21.4 Å². The van der Waals surface area contributed by atoms with Crippen molar-refractivity contribution < 1.29 is 26.4 Å². The normalized spacial score (nSPS) is 19.3. The Morgan fingerprint density at radius 3 is 2.28 bits per heavy atom. The molecule has 3 rings (SSSR count). The minimum Gasteiger partial charge on any atom is -0.307 e. The van der Waals surface area contributed by atoms with Gasteiger partial charge in [0.25, 0.3) is 5.91 Å². The van der Waals surface area contributed by atoms with E-state index in [9.17, 15) is 26.4 Å². The highest BCUT2D eigenvalue weighted by Gasteiger charge is 2.33. The van der Waals surface area contributed by atoms with E-state index in [-0.39, 0.29) is 22.5 Å². The molecule has 0 saturated carbocycles. The van der Waals surface area contributed by atoms with Crippen molar-refractivity contribution in [1.29, 1.82) is 0 Å². The number of anilines is 1. The number of amides is 1. The van der Waals surface area contributed by atoms with Crippen LogP contribution in [0.1, 0.15) is 54.8 Å². The molecular weight excluding hydrogens is 407 g/mol. The zero-order chi connectivity index (χ0) is 21.6. The quantitative estimate of drug-likeness (QED) is 0.805. The fourth-order valence-corrected chi connectivity index (χ4v) is 4.79. The van der Waals surface area contributed by atoms with Gasteiger partial charge in [-0.2, -0.15) is 18.3 Å². The Morgan fingerprint density at radius 1 is 1.17 bits per heavy atom. The van der Waals surface area contributed by atoms with Crippen molar-refractivity contribution in [2.24, 2.45) is 0 Å². The number of benzene rings is 1. The molecule has 1 aromatic carbocycles. The van der Waals surface area contributed by atoms with E-state index >= 15 is 0 Å². The van der Waals surface area contributed by atoms with Gasteiger partial charge in [-0.15, -0.1) is 0 Å². The first kappa shape index (κ1) is 21.4. The molecular formula is C19H22F3N3O3S. The van der Waals surface area contributed by atoms with Crippen molar-refractivity contribution in [3.8, 4) is 0 Å². The van der Waals surface area contributed by atoms with Gasteiger partial charge in [-0.1, -0.05) is 20.8 Å². The van der Waals surface area contributed by atoms with Crippen LogP contribution in [0.2, 0.25) is 0 Å². The van der Waals surface area contributed by atoms with Crippen molar-refractivity contribution in [1.82, 2.24) is 9.78 Å². The molecule has 1 aliphatic heterocycles. The Morgan fingerprint density at radius 2 is 1.79 bits per heavy atom. The molecule has 1 aromatic heterocycles. The maximum absolute atomic E-state index is 12.7. The summed E-state index contributed by atoms with van der Waals surface area (Å²) in [7, 11) is -3.17. The smallest absolute Gasteiger partial charge is 0.307 e. The number of alkyl halides is 3. The molecule has 1 atom stereocenters. The number of sulfone groups is 1. The van der Waals surface area contributed by atoms with Gasteiger partial charge >= 0.3 is 6.18 Å². The molecule has 158 valence electrons. The van der Waals surface area contributed by atoms with Crippen LogP contribution in [0.25, 0.3) is 0 Å². The summed E-state index contributed by atoms with van der Waals surface area (Å²) in [6, 6.07) is 5.16. The number of nitrogens with one attached hydrogen (secondary N) is 1. The van der Waals surface area contributed by atoms with E-state index in [1.165, 1.54) is 4.68 Å². The third-order valence-electron chi connectivity index (χ3n) is 4.77. The number of rotatable bonds is 3. The molecule has 0 unspecified atom stereocenters. The molecule has 1 N–H and O–H groups in total. The van der Waals surface area contributed by atoms with Crippen LogP contribution >= 0.6 is 0 Å². The van der Waals surface area contributed by atoms with E-state index in [1.54, 1.807) is 6.07 Å². The molecule has 1 amide bonds. The van der Waals surface area contributed by atoms with Crippen molar-refractivity contribution in [2.45, 2.75) is 44.8 Å². The molecule has 29 heavy (non-hydrogen) atoms. The first-order valence-corrected chi connectivity index (χ1v) is 10.9. The fraction of sp³-hybridized carbons (Fsp3) is 0.474. The van der Waals surface area contributed by atoms with E-state index in [0.717, 1.165) is 24.3 Å². The third-order valence-corrected chi connectivity index (χ3v) is 6.52. The third kappa shape index (κ3) is 4.80. The van der Waals surface area contributed by atoms with Crippen LogP contribution in [0.15, 0.2) is 30.3 Å². The summed E-state index contributed by atoms with van der Waals surface area (Å²) in [5, 5.41) is 7.18. The highest BCUT2D eigenvalue weighted by Crippen LogP contribution is 2.32. The predicted molar refractivity (Wildman–Crippen MR) is 103 cm³/mol. The van der Waals surface area contributed by atoms with Crippen LogP contribution < -0.4 is 5.32 Å². The summed E-state index contributed by atoms with van der Waals surface area (Å²) in [6.07, 6.45) is -4.10. The van der Waals surface area contributed by atoms with E-state index in [4.69, 9.17) is 0 Å². The molecule has 0 radical (unpaired) electrons. The number of hydrogen-bond donors (Lipinski definition) is 1. The van der Waals surface area contributed by atoms with Crippen molar-refractivity contribution in [2.75, 3.05) is 16.8 Å². The molecule has 0 spiro atoms. The highest BCUT2D eigenvalue weighted by molar-refractivity contribution is 7.91. The van der Waals surface area contributed by atoms with Crippen LogP contribution in [0.3, 0.4) is 0 Å². The topological polar surface area (TPSA) is 81.1 Å². The van der Waals surface area contributed by atoms with Gasteiger partial charge in [0.15, 0.2) is 9.84 Å². The first-order chi connectivity index (χ1) is 13.3. The molecule has 0 aliphatic carbocycles. The number of halogens is 3. The molecule has 10 heteroatoms. The maximum atomic E-state index is 12.7. The molecule has 1 fully saturated rings. The Kier molecular flexibility index (Phi) is 5.27. The Labute approximate surface area is 167 Å². The summed E-state index contributed by atoms with van der Waals surface area (Å²) >= 11 is 0. The van der Waals surface area contributed by atoms with Gasteiger partial charge in [0.1, 0.15) is 5.82 Å². The number of aromatic nitrogens is 2. The van der Waals surface area contributed by atoms with Crippen LogP contribution in [-0.4, -0.2) is 35.6 Å². The summed E-state index contributed by atoms with van der Waals surface area (Å²) in [5.41, 5.74) is -0.451. The highest BCUT2D eigenvalue weighted by atomic mass is 32.2. The van der Waals surface area contributed by atoms with Crippen LogP contribution in [0.5, 0.6) is 0 Å². The molecule has 1 aliphatic rings. The Balaban J connectivity index is 1.89. The zero-order valence-electron chi connectivity index (χ0n) is 16.2. The fourth-order valence-electron chi connectivity index (χ4n) is 3.10. The van der Waals surface area contributed by atoms with Crippen LogP contribution in [0.4, 0.5) is 19.0 Å². The number of carbonyl (C=O) groups is 1.